The number of aromatic nitrogens is 3. The molecule has 0 fully saturated rings. The van der Waals surface area contributed by atoms with Crippen LogP contribution in [-0.2, 0) is 0 Å². The third-order valence-electron chi connectivity index (χ3n) is 2.65. The van der Waals surface area contributed by atoms with Crippen LogP contribution in [0.3, 0.4) is 0 Å². The van der Waals surface area contributed by atoms with Crippen molar-refractivity contribution in [2.45, 2.75) is 0 Å². The van der Waals surface area contributed by atoms with Crippen LogP contribution in [0.2, 0.25) is 0 Å². The van der Waals surface area contributed by atoms with Gasteiger partial charge in [0.05, 0.1) is 17.2 Å². The molecule has 0 spiro atoms. The fourth-order valence-electron chi connectivity index (χ4n) is 1.79. The van der Waals surface area contributed by atoms with E-state index in [1.54, 1.807) is 12.4 Å². The second-order valence-corrected chi connectivity index (χ2v) is 3.70. The summed E-state index contributed by atoms with van der Waals surface area (Å²) in [6, 6.07) is 9.46. The third kappa shape index (κ3) is 1.69. The highest BCUT2D eigenvalue weighted by Gasteiger charge is 2.02. The van der Waals surface area contributed by atoms with Crippen LogP contribution >= 0.6 is 0 Å². The molecule has 2 aromatic heterocycles. The molecule has 0 aliphatic carbocycles. The molecular weight excluding hydrogens is 214 g/mol. The molecule has 0 amide bonds. The summed E-state index contributed by atoms with van der Waals surface area (Å²) in [5.41, 5.74) is 2.60. The van der Waals surface area contributed by atoms with Gasteiger partial charge in [-0.05, 0) is 35.4 Å². The summed E-state index contributed by atoms with van der Waals surface area (Å²) in [6.45, 7) is 0. The maximum Gasteiger partial charge on any atom is 0.258 e. The highest BCUT2D eigenvalue weighted by atomic mass is 16.1. The predicted molar refractivity (Wildman–Crippen MR) is 65.6 cm³/mol. The number of rotatable bonds is 1. The molecule has 1 aromatic carbocycles. The lowest BCUT2D eigenvalue weighted by Crippen LogP contribution is -2.05. The molecule has 0 aliphatic heterocycles. The average molecular weight is 223 g/mol. The van der Waals surface area contributed by atoms with Crippen molar-refractivity contribution in [1.29, 1.82) is 0 Å². The molecule has 1 N–H and O–H groups in total. The molecule has 4 heteroatoms. The Balaban J connectivity index is 2.27. The number of H-pyrrole nitrogens is 1. The van der Waals surface area contributed by atoms with E-state index in [1.165, 1.54) is 6.33 Å². The Bertz CT molecular complexity index is 719. The average Bonchev–Trinajstić information content (AvgIpc) is 2.40. The number of aromatic amines is 1. The second kappa shape index (κ2) is 3.83. The molecule has 0 atom stereocenters. The summed E-state index contributed by atoms with van der Waals surface area (Å²) >= 11 is 0. The van der Waals surface area contributed by atoms with Crippen molar-refractivity contribution in [3.8, 4) is 11.1 Å². The largest absolute Gasteiger partial charge is 0.313 e. The number of benzene rings is 1. The maximum atomic E-state index is 11.7. The van der Waals surface area contributed by atoms with Gasteiger partial charge in [0.25, 0.3) is 5.56 Å². The first-order valence-corrected chi connectivity index (χ1v) is 5.22. The number of pyridine rings is 1. The van der Waals surface area contributed by atoms with E-state index >= 15 is 0 Å². The normalized spacial score (nSPS) is 10.6. The lowest BCUT2D eigenvalue weighted by atomic mass is 10.1. The second-order valence-electron chi connectivity index (χ2n) is 3.70. The van der Waals surface area contributed by atoms with Gasteiger partial charge in [-0.1, -0.05) is 6.07 Å². The minimum absolute atomic E-state index is 0.120. The van der Waals surface area contributed by atoms with Gasteiger partial charge in [-0.3, -0.25) is 9.78 Å². The van der Waals surface area contributed by atoms with Crippen LogP contribution in [0.25, 0.3) is 22.0 Å². The topological polar surface area (TPSA) is 58.6 Å². The molecule has 82 valence electrons. The molecule has 0 unspecified atom stereocenters. The molecule has 2 heterocycles. The molecule has 0 saturated heterocycles. The predicted octanol–water partition coefficient (Wildman–Crippen LogP) is 1.99. The van der Waals surface area contributed by atoms with Gasteiger partial charge in [0.2, 0.25) is 0 Å². The van der Waals surface area contributed by atoms with E-state index in [2.05, 4.69) is 15.0 Å². The van der Waals surface area contributed by atoms with E-state index in [1.807, 2.05) is 30.3 Å². The minimum Gasteiger partial charge on any atom is -0.313 e. The van der Waals surface area contributed by atoms with Crippen molar-refractivity contribution in [2.75, 3.05) is 0 Å². The first-order chi connectivity index (χ1) is 8.34. The minimum atomic E-state index is -0.120. The van der Waals surface area contributed by atoms with Crippen LogP contribution in [0, 0.1) is 0 Å². The Morgan fingerprint density at radius 3 is 2.65 bits per heavy atom. The van der Waals surface area contributed by atoms with E-state index in [-0.39, 0.29) is 5.56 Å². The van der Waals surface area contributed by atoms with E-state index in [9.17, 15) is 4.79 Å². The fourth-order valence-corrected chi connectivity index (χ4v) is 1.79. The molecule has 17 heavy (non-hydrogen) atoms. The Kier molecular flexibility index (Phi) is 2.19. The molecule has 0 aliphatic rings. The Morgan fingerprint density at radius 1 is 1.00 bits per heavy atom. The van der Waals surface area contributed by atoms with E-state index in [0.717, 1.165) is 11.1 Å². The monoisotopic (exact) mass is 223 g/mol. The van der Waals surface area contributed by atoms with Gasteiger partial charge in [-0.2, -0.15) is 0 Å². The van der Waals surface area contributed by atoms with E-state index < -0.39 is 0 Å². The Labute approximate surface area is 97.0 Å². The van der Waals surface area contributed by atoms with E-state index in [0.29, 0.717) is 10.9 Å². The van der Waals surface area contributed by atoms with Gasteiger partial charge >= 0.3 is 0 Å². The summed E-state index contributed by atoms with van der Waals surface area (Å²) in [5.74, 6) is 0. The van der Waals surface area contributed by atoms with Crippen LogP contribution < -0.4 is 5.56 Å². The van der Waals surface area contributed by atoms with Crippen LogP contribution in [-0.4, -0.2) is 15.0 Å². The fraction of sp³-hybridized carbons (Fsp3) is 0. The number of nitrogens with zero attached hydrogens (tertiary/aromatic N) is 2. The van der Waals surface area contributed by atoms with Gasteiger partial charge in [0, 0.05) is 12.4 Å². The standard InChI is InChI=1S/C13H9N3O/c17-13-11-7-10(9-3-5-14-6-4-9)1-2-12(11)15-8-16-13/h1-8H,(H,15,16,17). The lowest BCUT2D eigenvalue weighted by Gasteiger charge is -2.02. The zero-order valence-corrected chi connectivity index (χ0v) is 8.92. The molecule has 3 rings (SSSR count). The van der Waals surface area contributed by atoms with Gasteiger partial charge in [0.1, 0.15) is 0 Å². The van der Waals surface area contributed by atoms with Crippen LogP contribution in [0.5, 0.6) is 0 Å². The number of nitrogens with one attached hydrogen (secondary N) is 1. The first-order valence-electron chi connectivity index (χ1n) is 5.22. The lowest BCUT2D eigenvalue weighted by molar-refractivity contribution is 1.17. The zero-order chi connectivity index (χ0) is 11.7. The Morgan fingerprint density at radius 2 is 1.82 bits per heavy atom. The van der Waals surface area contributed by atoms with Crippen molar-refractivity contribution < 1.29 is 0 Å². The highest BCUT2D eigenvalue weighted by Crippen LogP contribution is 2.20. The summed E-state index contributed by atoms with van der Waals surface area (Å²) in [6.07, 6.45) is 4.87. The van der Waals surface area contributed by atoms with Gasteiger partial charge in [-0.25, -0.2) is 4.98 Å². The van der Waals surface area contributed by atoms with E-state index in [4.69, 9.17) is 0 Å². The maximum absolute atomic E-state index is 11.7. The third-order valence-corrected chi connectivity index (χ3v) is 2.65. The van der Waals surface area contributed by atoms with Gasteiger partial charge in [-0.15, -0.1) is 0 Å². The van der Waals surface area contributed by atoms with Gasteiger partial charge in [0.15, 0.2) is 0 Å². The van der Waals surface area contributed by atoms with Crippen LogP contribution in [0.4, 0.5) is 0 Å². The molecular formula is C13H9N3O. The molecule has 0 saturated carbocycles. The Hall–Kier alpha value is -2.49. The summed E-state index contributed by atoms with van der Waals surface area (Å²) in [4.78, 5) is 22.3. The zero-order valence-electron chi connectivity index (χ0n) is 8.92. The van der Waals surface area contributed by atoms with Crippen molar-refractivity contribution in [1.82, 2.24) is 15.0 Å². The molecule has 3 aromatic rings. The number of fused-ring (bicyclic) bond motifs is 1. The highest BCUT2D eigenvalue weighted by molar-refractivity contribution is 5.83. The summed E-state index contributed by atoms with van der Waals surface area (Å²) < 4.78 is 0. The summed E-state index contributed by atoms with van der Waals surface area (Å²) in [5, 5.41) is 0.599. The smallest absolute Gasteiger partial charge is 0.258 e. The van der Waals surface area contributed by atoms with Gasteiger partial charge < -0.3 is 4.98 Å². The van der Waals surface area contributed by atoms with Crippen molar-refractivity contribution in [2.24, 2.45) is 0 Å². The summed E-state index contributed by atoms with van der Waals surface area (Å²) in [7, 11) is 0. The number of hydrogen-bond acceptors (Lipinski definition) is 3. The quantitative estimate of drug-likeness (QED) is 0.686. The SMILES string of the molecule is O=c1[nH]cnc2ccc(-c3ccncc3)cc12. The van der Waals surface area contributed by atoms with Crippen LogP contribution in [0.1, 0.15) is 0 Å². The number of hydrogen-bond donors (Lipinski definition) is 1. The van der Waals surface area contributed by atoms with Crippen molar-refractivity contribution in [3.63, 3.8) is 0 Å². The first kappa shape index (κ1) is 9.72. The van der Waals surface area contributed by atoms with Crippen LogP contribution in [0.15, 0.2) is 53.8 Å². The molecule has 0 radical (unpaired) electrons. The van der Waals surface area contributed by atoms with Crippen molar-refractivity contribution >= 4 is 10.9 Å². The van der Waals surface area contributed by atoms with Crippen molar-refractivity contribution in [3.05, 3.63) is 59.4 Å². The molecule has 0 bridgehead atoms. The molecule has 4 nitrogen and oxygen atoms in total.